The van der Waals surface area contributed by atoms with Gasteiger partial charge in [0, 0.05) is 42.0 Å². The Morgan fingerprint density at radius 2 is 1.97 bits per heavy atom. The predicted molar refractivity (Wildman–Crippen MR) is 123 cm³/mol. The number of halogens is 2. The third-order valence-electron chi connectivity index (χ3n) is 5.35. The molecule has 0 unspecified atom stereocenters. The number of ether oxygens (including phenoxy) is 1. The number of thioether (sulfide) groups is 1. The maximum atomic E-state index is 13.6. The second-order valence-electron chi connectivity index (χ2n) is 7.54. The van der Waals surface area contributed by atoms with Crippen molar-refractivity contribution in [3.05, 3.63) is 96.3 Å². The SMILES string of the molecule is COc1cc(CNC(=O)C2=Cn3c(c(C)c(=O)n(Cc4ccc(F)c(F)c4)c3=O)CS2)ccn1. The first-order valence-corrected chi connectivity index (χ1v) is 11.2. The number of aromatic nitrogens is 3. The molecule has 1 aliphatic heterocycles. The van der Waals surface area contributed by atoms with Gasteiger partial charge < -0.3 is 10.1 Å². The Morgan fingerprint density at radius 1 is 1.18 bits per heavy atom. The Morgan fingerprint density at radius 3 is 2.71 bits per heavy atom. The summed E-state index contributed by atoms with van der Waals surface area (Å²) in [5, 5.41) is 2.79. The van der Waals surface area contributed by atoms with Gasteiger partial charge in [0.2, 0.25) is 5.88 Å². The lowest BCUT2D eigenvalue weighted by Crippen LogP contribution is -2.42. The van der Waals surface area contributed by atoms with Crippen molar-refractivity contribution in [3.8, 4) is 5.88 Å². The number of hydrogen-bond donors (Lipinski definition) is 1. The molecule has 1 N–H and O–H groups in total. The molecule has 8 nitrogen and oxygen atoms in total. The van der Waals surface area contributed by atoms with Gasteiger partial charge in [-0.1, -0.05) is 6.07 Å². The van der Waals surface area contributed by atoms with E-state index in [0.717, 1.165) is 22.3 Å². The Kier molecular flexibility index (Phi) is 6.64. The molecule has 2 aromatic heterocycles. The summed E-state index contributed by atoms with van der Waals surface area (Å²) in [5.74, 6) is -1.79. The van der Waals surface area contributed by atoms with Crippen LogP contribution in [0.15, 0.2) is 51.0 Å². The van der Waals surface area contributed by atoms with Gasteiger partial charge in [0.25, 0.3) is 11.5 Å². The molecule has 1 amide bonds. The van der Waals surface area contributed by atoms with Crippen molar-refractivity contribution in [1.82, 2.24) is 19.4 Å². The fraction of sp³-hybridized carbons (Fsp3) is 0.217. The minimum absolute atomic E-state index is 0.228. The second kappa shape index (κ2) is 9.64. The zero-order valence-corrected chi connectivity index (χ0v) is 19.1. The van der Waals surface area contributed by atoms with Crippen LogP contribution in [0.3, 0.4) is 0 Å². The summed E-state index contributed by atoms with van der Waals surface area (Å²) in [6.45, 7) is 1.58. The fourth-order valence-electron chi connectivity index (χ4n) is 3.48. The molecule has 0 bridgehead atoms. The van der Waals surface area contributed by atoms with Gasteiger partial charge in [0.15, 0.2) is 11.6 Å². The zero-order chi connectivity index (χ0) is 24.4. The van der Waals surface area contributed by atoms with E-state index in [2.05, 4.69) is 10.3 Å². The first kappa shape index (κ1) is 23.4. The number of methoxy groups -OCH3 is 1. The largest absolute Gasteiger partial charge is 0.481 e. The number of fused-ring (bicyclic) bond motifs is 1. The predicted octanol–water partition coefficient (Wildman–Crippen LogP) is 2.41. The quantitative estimate of drug-likeness (QED) is 0.575. The summed E-state index contributed by atoms with van der Waals surface area (Å²) >= 11 is 1.21. The summed E-state index contributed by atoms with van der Waals surface area (Å²) in [6.07, 6.45) is 2.96. The van der Waals surface area contributed by atoms with E-state index in [9.17, 15) is 23.2 Å². The molecule has 0 spiro atoms. The number of amides is 1. The summed E-state index contributed by atoms with van der Waals surface area (Å²) < 4.78 is 34.1. The first-order chi connectivity index (χ1) is 16.3. The van der Waals surface area contributed by atoms with Gasteiger partial charge in [0.1, 0.15) is 0 Å². The van der Waals surface area contributed by atoms with Crippen molar-refractivity contribution in [2.45, 2.75) is 25.8 Å². The van der Waals surface area contributed by atoms with E-state index in [4.69, 9.17) is 4.74 Å². The molecule has 0 saturated carbocycles. The molecule has 3 aromatic rings. The number of carbonyl (C=O) groups excluding carboxylic acids is 1. The van der Waals surface area contributed by atoms with Gasteiger partial charge in [-0.15, -0.1) is 11.8 Å². The molecule has 1 aromatic carbocycles. The molecular formula is C23H20F2N4O4S. The Labute approximate surface area is 196 Å². The van der Waals surface area contributed by atoms with Crippen molar-refractivity contribution in [2.75, 3.05) is 7.11 Å². The average Bonchev–Trinajstić information content (AvgIpc) is 2.85. The molecule has 4 rings (SSSR count). The van der Waals surface area contributed by atoms with Crippen molar-refractivity contribution in [1.29, 1.82) is 0 Å². The lowest BCUT2D eigenvalue weighted by Gasteiger charge is -2.20. The van der Waals surface area contributed by atoms with Gasteiger partial charge in [-0.2, -0.15) is 0 Å². The van der Waals surface area contributed by atoms with Gasteiger partial charge in [0.05, 0.1) is 18.6 Å². The van der Waals surface area contributed by atoms with Crippen LogP contribution in [0.1, 0.15) is 22.4 Å². The molecule has 0 saturated heterocycles. The topological polar surface area (TPSA) is 95.2 Å². The second-order valence-corrected chi connectivity index (χ2v) is 8.55. The van der Waals surface area contributed by atoms with Crippen LogP contribution in [0.2, 0.25) is 0 Å². The molecule has 0 fully saturated rings. The van der Waals surface area contributed by atoms with Crippen LogP contribution in [-0.2, 0) is 23.6 Å². The van der Waals surface area contributed by atoms with Crippen LogP contribution in [-0.4, -0.2) is 27.1 Å². The monoisotopic (exact) mass is 486 g/mol. The number of nitrogens with zero attached hydrogens (tertiary/aromatic N) is 3. The molecule has 11 heteroatoms. The van der Waals surface area contributed by atoms with E-state index in [0.29, 0.717) is 22.0 Å². The minimum atomic E-state index is -1.07. The third-order valence-corrected chi connectivity index (χ3v) is 6.37. The molecule has 1 aliphatic rings. The van der Waals surface area contributed by atoms with Crippen LogP contribution in [0, 0.1) is 18.6 Å². The van der Waals surface area contributed by atoms with Gasteiger partial charge in [-0.25, -0.2) is 18.6 Å². The lowest BCUT2D eigenvalue weighted by atomic mass is 10.2. The number of benzene rings is 1. The highest BCUT2D eigenvalue weighted by Crippen LogP contribution is 2.27. The highest BCUT2D eigenvalue weighted by atomic mass is 32.2. The van der Waals surface area contributed by atoms with Crippen LogP contribution in [0.25, 0.3) is 6.20 Å². The van der Waals surface area contributed by atoms with Crippen molar-refractivity contribution in [2.24, 2.45) is 0 Å². The highest BCUT2D eigenvalue weighted by molar-refractivity contribution is 8.03. The van der Waals surface area contributed by atoms with E-state index < -0.39 is 22.9 Å². The van der Waals surface area contributed by atoms with Crippen LogP contribution in [0.4, 0.5) is 8.78 Å². The van der Waals surface area contributed by atoms with Crippen LogP contribution < -0.4 is 21.3 Å². The average molecular weight is 487 g/mol. The summed E-state index contributed by atoms with van der Waals surface area (Å²) in [7, 11) is 1.50. The first-order valence-electron chi connectivity index (χ1n) is 10.2. The third kappa shape index (κ3) is 4.65. The number of rotatable bonds is 6. The van der Waals surface area contributed by atoms with E-state index in [1.807, 2.05) is 0 Å². The zero-order valence-electron chi connectivity index (χ0n) is 18.3. The molecule has 0 radical (unpaired) electrons. The highest BCUT2D eigenvalue weighted by Gasteiger charge is 2.23. The molecule has 3 heterocycles. The summed E-state index contributed by atoms with van der Waals surface area (Å²) in [4.78, 5) is 43.0. The van der Waals surface area contributed by atoms with Crippen molar-refractivity contribution < 1.29 is 18.3 Å². The summed E-state index contributed by atoms with van der Waals surface area (Å²) in [6, 6.07) is 6.63. The van der Waals surface area contributed by atoms with E-state index >= 15 is 0 Å². The molecule has 34 heavy (non-hydrogen) atoms. The number of hydrogen-bond acceptors (Lipinski definition) is 6. The van der Waals surface area contributed by atoms with E-state index in [-0.39, 0.29) is 30.3 Å². The Hall–Kier alpha value is -3.73. The number of carbonyl (C=O) groups is 1. The van der Waals surface area contributed by atoms with Gasteiger partial charge >= 0.3 is 5.69 Å². The van der Waals surface area contributed by atoms with Crippen molar-refractivity contribution >= 4 is 23.9 Å². The molecule has 0 atom stereocenters. The Bertz CT molecular complexity index is 1430. The normalized spacial score (nSPS) is 12.6. The maximum absolute atomic E-state index is 13.6. The minimum Gasteiger partial charge on any atom is -0.481 e. The van der Waals surface area contributed by atoms with Gasteiger partial charge in [-0.05, 0) is 36.2 Å². The number of pyridine rings is 1. The Balaban J connectivity index is 1.62. The van der Waals surface area contributed by atoms with Crippen LogP contribution >= 0.6 is 11.8 Å². The fourth-order valence-corrected chi connectivity index (χ4v) is 4.51. The lowest BCUT2D eigenvalue weighted by molar-refractivity contribution is -0.116. The van der Waals surface area contributed by atoms with Gasteiger partial charge in [-0.3, -0.25) is 18.7 Å². The van der Waals surface area contributed by atoms with Crippen molar-refractivity contribution in [3.63, 3.8) is 0 Å². The molecule has 0 aliphatic carbocycles. The maximum Gasteiger partial charge on any atom is 0.335 e. The molecule has 176 valence electrons. The van der Waals surface area contributed by atoms with E-state index in [1.165, 1.54) is 35.7 Å². The van der Waals surface area contributed by atoms with Crippen LogP contribution in [0.5, 0.6) is 5.88 Å². The smallest absolute Gasteiger partial charge is 0.335 e. The molecular weight excluding hydrogens is 466 g/mol. The number of nitrogens with one attached hydrogen (secondary N) is 1. The standard InChI is InChI=1S/C23H20F2N4O4S/c1-13-18-12-34-19(21(30)27-9-14-5-6-26-20(8-14)33-2)11-28(18)23(32)29(22(13)31)10-15-3-4-16(24)17(25)7-15/h3-8,11H,9-10,12H2,1-2H3,(H,27,30). The van der Waals surface area contributed by atoms with E-state index in [1.54, 1.807) is 25.3 Å². The summed E-state index contributed by atoms with van der Waals surface area (Å²) in [5.41, 5.74) is 0.689.